The Morgan fingerprint density at radius 3 is 2.57 bits per heavy atom. The Hall–Kier alpha value is -3.54. The lowest BCUT2D eigenvalue weighted by Crippen LogP contribution is -2.05. The van der Waals surface area contributed by atoms with E-state index in [0.717, 1.165) is 16.7 Å². The highest BCUT2D eigenvalue weighted by atomic mass is 32.1. The lowest BCUT2D eigenvalue weighted by molar-refractivity contribution is -0.140. The van der Waals surface area contributed by atoms with Gasteiger partial charge in [-0.15, -0.1) is 16.4 Å². The maximum atomic E-state index is 12.9. The fourth-order valence-electron chi connectivity index (χ4n) is 2.46. The largest absolute Gasteiger partial charge is 0.434 e. The average Bonchev–Trinajstić information content (AvgIpc) is 3.31. The van der Waals surface area contributed by atoms with E-state index in [0.29, 0.717) is 22.3 Å². The summed E-state index contributed by atoms with van der Waals surface area (Å²) in [5, 5.41) is 6.94. The highest BCUT2D eigenvalue weighted by Crippen LogP contribution is 2.38. The molecule has 3 N–H and O–H groups in total. The number of aromatic amines is 1. The van der Waals surface area contributed by atoms with E-state index in [-0.39, 0.29) is 16.7 Å². The molecule has 4 heterocycles. The van der Waals surface area contributed by atoms with Crippen LogP contribution in [0.3, 0.4) is 0 Å². The van der Waals surface area contributed by atoms with Crippen molar-refractivity contribution in [1.82, 2.24) is 25.1 Å². The van der Waals surface area contributed by atoms with Gasteiger partial charge in [0, 0.05) is 40.7 Å². The molecule has 0 amide bonds. The van der Waals surface area contributed by atoms with Gasteiger partial charge in [-0.25, -0.2) is 19.9 Å². The number of nitrogens with two attached hydrogens (primary N) is 1. The number of nitrogens with zero attached hydrogens (tertiary/aromatic N) is 4. The number of aromatic nitrogens is 5. The fourth-order valence-corrected chi connectivity index (χ4v) is 3.32. The lowest BCUT2D eigenvalue weighted by Gasteiger charge is -2.09. The number of rotatable bonds is 3. The van der Waals surface area contributed by atoms with Gasteiger partial charge >= 0.3 is 11.9 Å². The molecule has 4 rings (SSSR count). The summed E-state index contributed by atoms with van der Waals surface area (Å²) < 4.78 is 43.6. The van der Waals surface area contributed by atoms with E-state index in [2.05, 4.69) is 25.1 Å². The van der Waals surface area contributed by atoms with Gasteiger partial charge in [-0.05, 0) is 12.1 Å². The lowest BCUT2D eigenvalue weighted by atomic mass is 10.0. The topological polar surface area (TPSA) is 124 Å². The van der Waals surface area contributed by atoms with Gasteiger partial charge in [-0.3, -0.25) is 4.98 Å². The van der Waals surface area contributed by atoms with E-state index in [4.69, 9.17) is 10.2 Å². The molecule has 0 bridgehead atoms. The van der Waals surface area contributed by atoms with Gasteiger partial charge in [0.2, 0.25) is 0 Å². The number of nitrogen functional groups attached to an aromatic ring is 1. The molecule has 0 fully saturated rings. The molecule has 8 nitrogen and oxygen atoms in total. The predicted octanol–water partition coefficient (Wildman–Crippen LogP) is 3.21. The van der Waals surface area contributed by atoms with Crippen molar-refractivity contribution in [3.05, 3.63) is 52.3 Å². The number of nitrogens with one attached hydrogen (secondary N) is 1. The van der Waals surface area contributed by atoms with Crippen LogP contribution in [-0.2, 0) is 6.18 Å². The predicted molar refractivity (Wildman–Crippen MR) is 94.1 cm³/mol. The van der Waals surface area contributed by atoms with Crippen molar-refractivity contribution in [2.45, 2.75) is 6.18 Å². The van der Waals surface area contributed by atoms with Crippen LogP contribution in [0.25, 0.3) is 33.2 Å². The first-order valence-electron chi connectivity index (χ1n) is 7.61. The molecule has 0 atom stereocenters. The molecule has 142 valence electrons. The molecule has 0 spiro atoms. The van der Waals surface area contributed by atoms with Crippen LogP contribution in [0, 0.1) is 0 Å². The van der Waals surface area contributed by atoms with Crippen LogP contribution < -0.4 is 11.5 Å². The zero-order valence-electron chi connectivity index (χ0n) is 13.7. The summed E-state index contributed by atoms with van der Waals surface area (Å²) in [4.78, 5) is 22.9. The van der Waals surface area contributed by atoms with E-state index in [1.807, 2.05) is 0 Å². The maximum Gasteiger partial charge on any atom is 0.434 e. The van der Waals surface area contributed by atoms with Crippen molar-refractivity contribution in [3.63, 3.8) is 0 Å². The Kier molecular flexibility index (Phi) is 4.19. The molecule has 0 aliphatic heterocycles. The summed E-state index contributed by atoms with van der Waals surface area (Å²) in [6.45, 7) is 0. The van der Waals surface area contributed by atoms with Crippen LogP contribution >= 0.6 is 11.3 Å². The van der Waals surface area contributed by atoms with Gasteiger partial charge in [0.1, 0.15) is 10.8 Å². The first-order valence-corrected chi connectivity index (χ1v) is 8.49. The highest BCUT2D eigenvalue weighted by Gasteiger charge is 2.34. The molecule has 4 aromatic heterocycles. The minimum Gasteiger partial charge on any atom is -0.388 e. The molecule has 0 radical (unpaired) electrons. The van der Waals surface area contributed by atoms with E-state index >= 15 is 0 Å². The second-order valence-corrected chi connectivity index (χ2v) is 6.43. The Morgan fingerprint density at radius 1 is 1.11 bits per heavy atom. The van der Waals surface area contributed by atoms with Crippen LogP contribution in [0.5, 0.6) is 0 Å². The number of H-pyrrole nitrogens is 1. The minimum absolute atomic E-state index is 0.0258. The van der Waals surface area contributed by atoms with E-state index in [9.17, 15) is 18.0 Å². The summed E-state index contributed by atoms with van der Waals surface area (Å²) in [6, 6.07) is 3.05. The van der Waals surface area contributed by atoms with E-state index in [1.165, 1.54) is 24.7 Å². The number of hydrogen-bond acceptors (Lipinski definition) is 8. The summed E-state index contributed by atoms with van der Waals surface area (Å²) >= 11 is 0.839. The molecule has 28 heavy (non-hydrogen) atoms. The third-order valence-corrected chi connectivity index (χ3v) is 4.56. The molecule has 0 aliphatic carbocycles. The second-order valence-electron chi connectivity index (χ2n) is 5.57. The zero-order chi connectivity index (χ0) is 19.9. The summed E-state index contributed by atoms with van der Waals surface area (Å²) in [6.07, 6.45) is -0.214. The number of thiazole rings is 1. The zero-order valence-corrected chi connectivity index (χ0v) is 14.5. The van der Waals surface area contributed by atoms with Gasteiger partial charge in [0.15, 0.2) is 5.69 Å². The standard InChI is InChI=1S/C16H9F3N6O2S/c17-16(18,19)11-6-28-14(23-11)9-2-12(20)22-5-10(9)7-1-8(4-21-3-7)13-24-25-15(26)27-13/h1-6H,(H2,20,22)(H,25,26). The minimum atomic E-state index is -4.55. The Balaban J connectivity index is 1.83. The third kappa shape index (κ3) is 3.36. The molecule has 12 heteroatoms. The molecule has 0 aromatic carbocycles. The van der Waals surface area contributed by atoms with Crippen LogP contribution in [0.4, 0.5) is 19.0 Å². The summed E-state index contributed by atoms with van der Waals surface area (Å²) in [5.74, 6) is -0.569. The average molecular weight is 406 g/mol. The molecular weight excluding hydrogens is 397 g/mol. The molecule has 0 unspecified atom stereocenters. The molecule has 4 aromatic rings. The van der Waals surface area contributed by atoms with Gasteiger partial charge < -0.3 is 10.2 Å². The summed E-state index contributed by atoms with van der Waals surface area (Å²) in [7, 11) is 0. The van der Waals surface area contributed by atoms with Crippen molar-refractivity contribution in [3.8, 4) is 33.2 Å². The van der Waals surface area contributed by atoms with Crippen molar-refractivity contribution < 1.29 is 17.6 Å². The first-order chi connectivity index (χ1) is 13.3. The highest BCUT2D eigenvalue weighted by molar-refractivity contribution is 7.13. The molecule has 0 aliphatic rings. The van der Waals surface area contributed by atoms with Crippen LogP contribution in [0.2, 0.25) is 0 Å². The monoisotopic (exact) mass is 406 g/mol. The third-order valence-electron chi connectivity index (χ3n) is 3.68. The van der Waals surface area contributed by atoms with Crippen LogP contribution in [0.1, 0.15) is 5.69 Å². The van der Waals surface area contributed by atoms with Gasteiger partial charge in [-0.1, -0.05) is 0 Å². The SMILES string of the molecule is Nc1cc(-c2nc(C(F)(F)F)cs2)c(-c2cncc(-c3n[nH]c(=O)o3)c2)cn1. The number of anilines is 1. The second kappa shape index (κ2) is 6.56. The molecule has 0 saturated carbocycles. The van der Waals surface area contributed by atoms with Crippen molar-refractivity contribution in [2.24, 2.45) is 0 Å². The molecule has 0 saturated heterocycles. The van der Waals surface area contributed by atoms with E-state index in [1.54, 1.807) is 6.07 Å². The van der Waals surface area contributed by atoms with Crippen LogP contribution in [0.15, 0.2) is 45.3 Å². The maximum absolute atomic E-state index is 12.9. The normalized spacial score (nSPS) is 11.7. The van der Waals surface area contributed by atoms with Crippen LogP contribution in [-0.4, -0.2) is 25.1 Å². The number of hydrogen-bond donors (Lipinski definition) is 2. The van der Waals surface area contributed by atoms with Crippen molar-refractivity contribution >= 4 is 17.2 Å². The van der Waals surface area contributed by atoms with Crippen molar-refractivity contribution in [2.75, 3.05) is 5.73 Å². The van der Waals surface area contributed by atoms with Gasteiger partial charge in [0.25, 0.3) is 5.89 Å². The summed E-state index contributed by atoms with van der Waals surface area (Å²) in [5.41, 5.74) is 6.48. The quantitative estimate of drug-likeness (QED) is 0.535. The first kappa shape index (κ1) is 17.9. The Labute approximate surface area is 157 Å². The Bertz CT molecular complexity index is 1210. The van der Waals surface area contributed by atoms with E-state index < -0.39 is 17.6 Å². The smallest absolute Gasteiger partial charge is 0.388 e. The number of halogens is 3. The van der Waals surface area contributed by atoms with Gasteiger partial charge in [-0.2, -0.15) is 13.2 Å². The number of pyridine rings is 2. The van der Waals surface area contributed by atoms with Gasteiger partial charge in [0.05, 0.1) is 5.56 Å². The fraction of sp³-hybridized carbons (Fsp3) is 0.0625. The number of alkyl halides is 3. The van der Waals surface area contributed by atoms with Crippen molar-refractivity contribution in [1.29, 1.82) is 0 Å². The Morgan fingerprint density at radius 2 is 1.89 bits per heavy atom. The molecular formula is C16H9F3N6O2S.